The van der Waals surface area contributed by atoms with Gasteiger partial charge in [-0.15, -0.1) is 0 Å². The van der Waals surface area contributed by atoms with Crippen molar-refractivity contribution in [2.75, 3.05) is 17.7 Å². The Hall–Kier alpha value is -2.29. The molecular formula is C17H20N2O. The van der Waals surface area contributed by atoms with Crippen LogP contribution in [0.1, 0.15) is 28.4 Å². The van der Waals surface area contributed by atoms with E-state index in [-0.39, 0.29) is 5.78 Å². The first-order valence-electron chi connectivity index (χ1n) is 6.61. The fourth-order valence-corrected chi connectivity index (χ4v) is 2.38. The first kappa shape index (κ1) is 14.1. The number of hydrogen-bond acceptors (Lipinski definition) is 3. The summed E-state index contributed by atoms with van der Waals surface area (Å²) in [7, 11) is 1.99. The molecule has 0 saturated carbocycles. The molecule has 0 aliphatic carbocycles. The number of nitrogens with two attached hydrogens (primary N) is 1. The number of anilines is 3. The Bertz CT molecular complexity index is 662. The van der Waals surface area contributed by atoms with Crippen LogP contribution in [-0.4, -0.2) is 12.8 Å². The molecule has 0 radical (unpaired) electrons. The lowest BCUT2D eigenvalue weighted by molar-refractivity contribution is 0.101. The number of nitrogen functional groups attached to an aromatic ring is 1. The van der Waals surface area contributed by atoms with Crippen LogP contribution in [0.5, 0.6) is 0 Å². The number of hydrogen-bond donors (Lipinski definition) is 1. The molecule has 3 heteroatoms. The lowest BCUT2D eigenvalue weighted by atomic mass is 10.1. The van der Waals surface area contributed by atoms with Gasteiger partial charge in [0.15, 0.2) is 5.78 Å². The van der Waals surface area contributed by atoms with Gasteiger partial charge in [-0.25, -0.2) is 0 Å². The van der Waals surface area contributed by atoms with E-state index in [1.165, 1.54) is 18.1 Å². The molecular weight excluding hydrogens is 248 g/mol. The molecule has 0 amide bonds. The molecule has 2 N–H and O–H groups in total. The summed E-state index contributed by atoms with van der Waals surface area (Å²) >= 11 is 0. The lowest BCUT2D eigenvalue weighted by Gasteiger charge is -2.23. The van der Waals surface area contributed by atoms with Crippen LogP contribution in [0.15, 0.2) is 36.4 Å². The molecule has 0 atom stereocenters. The number of benzene rings is 2. The van der Waals surface area contributed by atoms with Crippen molar-refractivity contribution in [3.8, 4) is 0 Å². The number of aryl methyl sites for hydroxylation is 2. The highest BCUT2D eigenvalue weighted by Crippen LogP contribution is 2.29. The van der Waals surface area contributed by atoms with Gasteiger partial charge in [-0.2, -0.15) is 0 Å². The van der Waals surface area contributed by atoms with Crippen molar-refractivity contribution < 1.29 is 4.79 Å². The molecule has 0 heterocycles. The summed E-state index contributed by atoms with van der Waals surface area (Å²) in [6, 6.07) is 11.9. The van der Waals surface area contributed by atoms with Gasteiger partial charge in [-0.1, -0.05) is 17.7 Å². The molecule has 0 aromatic heterocycles. The molecule has 20 heavy (non-hydrogen) atoms. The van der Waals surface area contributed by atoms with Crippen molar-refractivity contribution >= 4 is 22.8 Å². The first-order valence-corrected chi connectivity index (χ1v) is 6.61. The van der Waals surface area contributed by atoms with Gasteiger partial charge in [0.2, 0.25) is 0 Å². The van der Waals surface area contributed by atoms with E-state index in [9.17, 15) is 4.79 Å². The fourth-order valence-electron chi connectivity index (χ4n) is 2.38. The molecule has 3 nitrogen and oxygen atoms in total. The zero-order valence-electron chi connectivity index (χ0n) is 12.4. The van der Waals surface area contributed by atoms with Crippen molar-refractivity contribution in [2.45, 2.75) is 20.8 Å². The average molecular weight is 268 g/mol. The molecule has 0 bridgehead atoms. The second-order valence-corrected chi connectivity index (χ2v) is 5.18. The Morgan fingerprint density at radius 2 is 1.80 bits per heavy atom. The Morgan fingerprint density at radius 1 is 1.10 bits per heavy atom. The van der Waals surface area contributed by atoms with E-state index in [0.29, 0.717) is 11.3 Å². The van der Waals surface area contributed by atoms with E-state index in [1.54, 1.807) is 6.07 Å². The van der Waals surface area contributed by atoms with Crippen molar-refractivity contribution in [2.24, 2.45) is 0 Å². The minimum atomic E-state index is -0.0154. The normalized spacial score (nSPS) is 10.4. The van der Waals surface area contributed by atoms with E-state index >= 15 is 0 Å². The largest absolute Gasteiger partial charge is 0.398 e. The number of carbonyl (C=O) groups excluding carboxylic acids is 1. The lowest BCUT2D eigenvalue weighted by Crippen LogP contribution is -2.12. The summed E-state index contributed by atoms with van der Waals surface area (Å²) in [6.07, 6.45) is 0. The Balaban J connectivity index is 2.45. The highest BCUT2D eigenvalue weighted by atomic mass is 16.1. The monoisotopic (exact) mass is 268 g/mol. The highest BCUT2D eigenvalue weighted by Gasteiger charge is 2.11. The summed E-state index contributed by atoms with van der Waals surface area (Å²) in [6.45, 7) is 5.70. The number of rotatable bonds is 3. The molecule has 0 aliphatic rings. The number of ketones is 1. The van der Waals surface area contributed by atoms with Gasteiger partial charge < -0.3 is 10.6 Å². The van der Waals surface area contributed by atoms with Crippen LogP contribution in [-0.2, 0) is 0 Å². The van der Waals surface area contributed by atoms with E-state index in [1.807, 2.05) is 19.2 Å². The van der Waals surface area contributed by atoms with Crippen molar-refractivity contribution in [3.05, 3.63) is 53.1 Å². The molecule has 2 aromatic carbocycles. The molecule has 104 valence electrons. The van der Waals surface area contributed by atoms with Gasteiger partial charge in [0.1, 0.15) is 0 Å². The topological polar surface area (TPSA) is 46.3 Å². The first-order chi connectivity index (χ1) is 9.40. The minimum Gasteiger partial charge on any atom is -0.398 e. The molecule has 0 unspecified atom stereocenters. The maximum Gasteiger partial charge on any atom is 0.161 e. The van der Waals surface area contributed by atoms with Crippen LogP contribution in [0, 0.1) is 13.8 Å². The SMILES string of the molecule is CC(=O)c1cc(N(C)c2ccc(C)cc2C)ccc1N. The Kier molecular flexibility index (Phi) is 3.79. The van der Waals surface area contributed by atoms with E-state index < -0.39 is 0 Å². The maximum absolute atomic E-state index is 11.6. The summed E-state index contributed by atoms with van der Waals surface area (Å²) in [5.41, 5.74) is 11.4. The zero-order valence-corrected chi connectivity index (χ0v) is 12.4. The standard InChI is InChI=1S/C17H20N2O/c1-11-5-8-17(12(2)9-11)19(4)14-6-7-16(18)15(10-14)13(3)20/h5-10H,18H2,1-4H3. The molecule has 0 saturated heterocycles. The number of Topliss-reactive ketones (excluding diaryl/α,β-unsaturated/α-hetero) is 1. The predicted octanol–water partition coefficient (Wildman–Crippen LogP) is 3.86. The van der Waals surface area contributed by atoms with Gasteiger partial charge in [-0.3, -0.25) is 4.79 Å². The van der Waals surface area contributed by atoms with E-state index in [4.69, 9.17) is 5.73 Å². The van der Waals surface area contributed by atoms with Gasteiger partial charge in [0, 0.05) is 29.7 Å². The van der Waals surface area contributed by atoms with Crippen LogP contribution in [0.4, 0.5) is 17.1 Å². The number of nitrogens with zero attached hydrogens (tertiary/aromatic N) is 1. The predicted molar refractivity (Wildman–Crippen MR) is 84.8 cm³/mol. The maximum atomic E-state index is 11.6. The summed E-state index contributed by atoms with van der Waals surface area (Å²) in [5, 5.41) is 0. The van der Waals surface area contributed by atoms with Crippen molar-refractivity contribution in [1.82, 2.24) is 0 Å². The van der Waals surface area contributed by atoms with Crippen LogP contribution < -0.4 is 10.6 Å². The molecule has 0 spiro atoms. The summed E-state index contributed by atoms with van der Waals surface area (Å²) < 4.78 is 0. The number of carbonyl (C=O) groups is 1. The highest BCUT2D eigenvalue weighted by molar-refractivity contribution is 6.00. The third-order valence-electron chi connectivity index (χ3n) is 3.52. The van der Waals surface area contributed by atoms with Gasteiger partial charge >= 0.3 is 0 Å². The summed E-state index contributed by atoms with van der Waals surface area (Å²) in [5.74, 6) is -0.0154. The van der Waals surface area contributed by atoms with Gasteiger partial charge in [-0.05, 0) is 50.6 Å². The molecule has 0 aliphatic heterocycles. The van der Waals surface area contributed by atoms with E-state index in [2.05, 4.69) is 36.9 Å². The Labute approximate surface area is 120 Å². The van der Waals surface area contributed by atoms with Gasteiger partial charge in [0.25, 0.3) is 0 Å². The van der Waals surface area contributed by atoms with Crippen molar-refractivity contribution in [3.63, 3.8) is 0 Å². The second-order valence-electron chi connectivity index (χ2n) is 5.18. The average Bonchev–Trinajstić information content (AvgIpc) is 2.38. The fraction of sp³-hybridized carbons (Fsp3) is 0.235. The third-order valence-corrected chi connectivity index (χ3v) is 3.52. The van der Waals surface area contributed by atoms with Gasteiger partial charge in [0.05, 0.1) is 0 Å². The zero-order chi connectivity index (χ0) is 14.9. The van der Waals surface area contributed by atoms with E-state index in [0.717, 1.165) is 11.4 Å². The van der Waals surface area contributed by atoms with Crippen LogP contribution in [0.2, 0.25) is 0 Å². The third kappa shape index (κ3) is 2.67. The minimum absolute atomic E-state index is 0.0154. The molecule has 0 fully saturated rings. The van der Waals surface area contributed by atoms with Crippen LogP contribution >= 0.6 is 0 Å². The second kappa shape index (κ2) is 5.37. The molecule has 2 aromatic rings. The summed E-state index contributed by atoms with van der Waals surface area (Å²) in [4.78, 5) is 13.7. The molecule has 2 rings (SSSR count). The van der Waals surface area contributed by atoms with Crippen molar-refractivity contribution in [1.29, 1.82) is 0 Å². The van der Waals surface area contributed by atoms with Crippen LogP contribution in [0.3, 0.4) is 0 Å². The Morgan fingerprint density at radius 3 is 2.40 bits per heavy atom. The van der Waals surface area contributed by atoms with Crippen LogP contribution in [0.25, 0.3) is 0 Å². The smallest absolute Gasteiger partial charge is 0.161 e. The quantitative estimate of drug-likeness (QED) is 0.679.